The van der Waals surface area contributed by atoms with Crippen LogP contribution in [0.1, 0.15) is 15.9 Å². The van der Waals surface area contributed by atoms with E-state index < -0.39 is 5.82 Å². The van der Waals surface area contributed by atoms with Gasteiger partial charge in [-0.15, -0.1) is 0 Å². The van der Waals surface area contributed by atoms with Crippen LogP contribution in [0, 0.1) is 12.7 Å². The zero-order valence-electron chi connectivity index (χ0n) is 16.4. The molecule has 1 saturated heterocycles. The topological polar surface area (TPSA) is 63.7 Å². The molecule has 1 fully saturated rings. The van der Waals surface area contributed by atoms with Gasteiger partial charge in [-0.1, -0.05) is 6.07 Å². The summed E-state index contributed by atoms with van der Waals surface area (Å²) >= 11 is 0. The maximum atomic E-state index is 14.1. The van der Waals surface area contributed by atoms with Crippen molar-refractivity contribution in [3.05, 3.63) is 59.5 Å². The third-order valence-corrected chi connectivity index (χ3v) is 4.97. The first-order chi connectivity index (χ1) is 14.1. The second kappa shape index (κ2) is 8.05. The molecule has 0 radical (unpaired) electrons. The highest BCUT2D eigenvalue weighted by Gasteiger charge is 2.24. The van der Waals surface area contributed by atoms with Gasteiger partial charge >= 0.3 is 0 Å². The van der Waals surface area contributed by atoms with E-state index in [1.54, 1.807) is 24.3 Å². The van der Waals surface area contributed by atoms with Gasteiger partial charge in [0.2, 0.25) is 0 Å². The summed E-state index contributed by atoms with van der Waals surface area (Å²) in [5.74, 6) is 0.0670. The van der Waals surface area contributed by atoms with Gasteiger partial charge in [-0.2, -0.15) is 0 Å². The summed E-state index contributed by atoms with van der Waals surface area (Å²) in [6, 6.07) is 10.1. The number of ether oxygens (including phenoxy) is 2. The first-order valence-electron chi connectivity index (χ1n) is 9.44. The van der Waals surface area contributed by atoms with E-state index in [9.17, 15) is 9.18 Å². The fourth-order valence-electron chi connectivity index (χ4n) is 3.45. The quantitative estimate of drug-likeness (QED) is 0.726. The Bertz CT molecular complexity index is 1060. The lowest BCUT2D eigenvalue weighted by molar-refractivity contribution is 0.0303. The molecular formula is C22H22FN3O3. The normalized spacial score (nSPS) is 14.1. The minimum absolute atomic E-state index is 0.166. The molecule has 0 unspecified atom stereocenters. The lowest BCUT2D eigenvalue weighted by atomic mass is 10.1. The zero-order valence-corrected chi connectivity index (χ0v) is 16.4. The standard InChI is InChI=1S/C22H22FN3O3/c1-14-3-6-20(28-2)19(11-14)25-21-16-12-15(23)4-5-18(16)24-13-17(21)22(27)26-7-9-29-10-8-26/h3-6,11-13H,7-10H2,1-2H3,(H,24,25). The number of hydrogen-bond acceptors (Lipinski definition) is 5. The Kier molecular flexibility index (Phi) is 5.31. The molecule has 0 spiro atoms. The number of morpholine rings is 1. The molecule has 3 aromatic rings. The molecular weight excluding hydrogens is 373 g/mol. The Balaban J connectivity index is 1.86. The van der Waals surface area contributed by atoms with E-state index >= 15 is 0 Å². The van der Waals surface area contributed by atoms with Crippen molar-refractivity contribution in [3.63, 3.8) is 0 Å². The van der Waals surface area contributed by atoms with E-state index in [2.05, 4.69) is 10.3 Å². The average Bonchev–Trinajstić information content (AvgIpc) is 2.74. The monoisotopic (exact) mass is 395 g/mol. The van der Waals surface area contributed by atoms with Crippen LogP contribution in [0.5, 0.6) is 5.75 Å². The summed E-state index contributed by atoms with van der Waals surface area (Å²) in [5.41, 5.74) is 3.21. The fourth-order valence-corrected chi connectivity index (χ4v) is 3.45. The second-order valence-electron chi connectivity index (χ2n) is 6.94. The molecule has 0 atom stereocenters. The number of fused-ring (bicyclic) bond motifs is 1. The summed E-state index contributed by atoms with van der Waals surface area (Å²) in [7, 11) is 1.58. The number of amides is 1. The van der Waals surface area contributed by atoms with E-state index in [0.29, 0.717) is 59.9 Å². The van der Waals surface area contributed by atoms with Crippen molar-refractivity contribution >= 4 is 28.2 Å². The first-order valence-corrected chi connectivity index (χ1v) is 9.44. The summed E-state index contributed by atoms with van der Waals surface area (Å²) in [6.07, 6.45) is 1.54. The molecule has 4 rings (SSSR count). The van der Waals surface area contributed by atoms with Crippen molar-refractivity contribution in [1.29, 1.82) is 0 Å². The highest BCUT2D eigenvalue weighted by molar-refractivity contribution is 6.08. The van der Waals surface area contributed by atoms with Gasteiger partial charge in [0.25, 0.3) is 5.91 Å². The van der Waals surface area contributed by atoms with Crippen LogP contribution in [0.15, 0.2) is 42.6 Å². The largest absolute Gasteiger partial charge is 0.495 e. The van der Waals surface area contributed by atoms with Gasteiger partial charge in [-0.05, 0) is 42.8 Å². The van der Waals surface area contributed by atoms with Crippen LogP contribution in [0.2, 0.25) is 0 Å². The molecule has 29 heavy (non-hydrogen) atoms. The maximum Gasteiger partial charge on any atom is 0.257 e. The molecule has 1 aromatic heterocycles. The molecule has 1 aliphatic rings. The molecule has 0 aliphatic carbocycles. The smallest absolute Gasteiger partial charge is 0.257 e. The number of carbonyl (C=O) groups excluding carboxylic acids is 1. The summed E-state index contributed by atoms with van der Waals surface area (Å²) in [5, 5.41) is 3.85. The minimum atomic E-state index is -0.394. The molecule has 1 aliphatic heterocycles. The van der Waals surface area contributed by atoms with Gasteiger partial charge < -0.3 is 19.7 Å². The number of anilines is 2. The number of halogens is 1. The van der Waals surface area contributed by atoms with Crippen LogP contribution in [-0.4, -0.2) is 49.2 Å². The Morgan fingerprint density at radius 1 is 1.21 bits per heavy atom. The van der Waals surface area contributed by atoms with Gasteiger partial charge in [-0.25, -0.2) is 4.39 Å². The molecule has 2 heterocycles. The Labute approximate surface area is 168 Å². The van der Waals surface area contributed by atoms with Crippen LogP contribution in [-0.2, 0) is 4.74 Å². The molecule has 0 saturated carbocycles. The SMILES string of the molecule is COc1ccc(C)cc1Nc1c(C(=O)N2CCOCC2)cnc2ccc(F)cc12. The number of benzene rings is 2. The van der Waals surface area contributed by atoms with Crippen molar-refractivity contribution in [2.24, 2.45) is 0 Å². The number of pyridine rings is 1. The highest BCUT2D eigenvalue weighted by atomic mass is 19.1. The van der Waals surface area contributed by atoms with Crippen LogP contribution < -0.4 is 10.1 Å². The lowest BCUT2D eigenvalue weighted by Crippen LogP contribution is -2.41. The molecule has 1 N–H and O–H groups in total. The number of nitrogens with one attached hydrogen (secondary N) is 1. The van der Waals surface area contributed by atoms with Crippen molar-refractivity contribution in [2.45, 2.75) is 6.92 Å². The first kappa shape index (κ1) is 19.1. The van der Waals surface area contributed by atoms with Crippen LogP contribution >= 0.6 is 0 Å². The predicted octanol–water partition coefficient (Wildman–Crippen LogP) is 3.91. The number of aromatic nitrogens is 1. The van der Waals surface area contributed by atoms with Crippen molar-refractivity contribution < 1.29 is 18.7 Å². The van der Waals surface area contributed by atoms with E-state index in [0.717, 1.165) is 5.56 Å². The summed E-state index contributed by atoms with van der Waals surface area (Å²) < 4.78 is 24.9. The van der Waals surface area contributed by atoms with Crippen molar-refractivity contribution in [1.82, 2.24) is 9.88 Å². The number of methoxy groups -OCH3 is 1. The second-order valence-corrected chi connectivity index (χ2v) is 6.94. The van der Waals surface area contributed by atoms with Crippen LogP contribution in [0.25, 0.3) is 10.9 Å². The lowest BCUT2D eigenvalue weighted by Gasteiger charge is -2.28. The summed E-state index contributed by atoms with van der Waals surface area (Å²) in [6.45, 7) is 3.97. The molecule has 0 bridgehead atoms. The number of rotatable bonds is 4. The Morgan fingerprint density at radius 2 is 2.00 bits per heavy atom. The van der Waals surface area contributed by atoms with E-state index in [-0.39, 0.29) is 5.91 Å². The average molecular weight is 395 g/mol. The fraction of sp³-hybridized carbons (Fsp3) is 0.273. The Hall–Kier alpha value is -3.19. The highest BCUT2D eigenvalue weighted by Crippen LogP contribution is 2.34. The summed E-state index contributed by atoms with van der Waals surface area (Å²) in [4.78, 5) is 19.3. The van der Waals surface area contributed by atoms with Gasteiger partial charge in [0, 0.05) is 24.7 Å². The Morgan fingerprint density at radius 3 is 2.76 bits per heavy atom. The van der Waals surface area contributed by atoms with E-state index in [1.165, 1.54) is 12.1 Å². The number of aryl methyl sites for hydroxylation is 1. The van der Waals surface area contributed by atoms with Gasteiger partial charge in [0.05, 0.1) is 42.8 Å². The van der Waals surface area contributed by atoms with E-state index in [1.807, 2.05) is 25.1 Å². The van der Waals surface area contributed by atoms with Crippen LogP contribution in [0.4, 0.5) is 15.8 Å². The molecule has 7 heteroatoms. The van der Waals surface area contributed by atoms with Crippen molar-refractivity contribution in [2.75, 3.05) is 38.7 Å². The van der Waals surface area contributed by atoms with Crippen LogP contribution in [0.3, 0.4) is 0 Å². The maximum absolute atomic E-state index is 14.1. The molecule has 1 amide bonds. The molecule has 2 aromatic carbocycles. The molecule has 6 nitrogen and oxygen atoms in total. The third kappa shape index (κ3) is 3.86. The third-order valence-electron chi connectivity index (χ3n) is 4.97. The van der Waals surface area contributed by atoms with Crippen molar-refractivity contribution in [3.8, 4) is 5.75 Å². The zero-order chi connectivity index (χ0) is 20.4. The van der Waals surface area contributed by atoms with Gasteiger partial charge in [0.15, 0.2) is 0 Å². The van der Waals surface area contributed by atoms with E-state index in [4.69, 9.17) is 9.47 Å². The molecule has 150 valence electrons. The predicted molar refractivity (Wildman–Crippen MR) is 109 cm³/mol. The minimum Gasteiger partial charge on any atom is -0.495 e. The number of hydrogen-bond donors (Lipinski definition) is 1. The van der Waals surface area contributed by atoms with Gasteiger partial charge in [0.1, 0.15) is 11.6 Å². The number of nitrogens with zero attached hydrogens (tertiary/aromatic N) is 2. The number of carbonyl (C=O) groups is 1. The van der Waals surface area contributed by atoms with Gasteiger partial charge in [-0.3, -0.25) is 9.78 Å².